The molecule has 0 spiro atoms. The predicted molar refractivity (Wildman–Crippen MR) is 138 cm³/mol. The number of carbonyl (C=O) groups is 2. The Hall–Kier alpha value is -3.62. The highest BCUT2D eigenvalue weighted by Gasteiger charge is 2.32. The van der Waals surface area contributed by atoms with E-state index < -0.39 is 6.03 Å². The zero-order valence-corrected chi connectivity index (χ0v) is 20.2. The first-order valence-electron chi connectivity index (χ1n) is 11.8. The van der Waals surface area contributed by atoms with Crippen LogP contribution in [0.5, 0.6) is 5.75 Å². The number of nitrogens with zero attached hydrogens (tertiary/aromatic N) is 1. The van der Waals surface area contributed by atoms with Crippen molar-refractivity contribution in [1.29, 1.82) is 0 Å². The van der Waals surface area contributed by atoms with Crippen LogP contribution in [0, 0.1) is 5.92 Å². The molecular weight excluding hydrogens is 444 g/mol. The second-order valence-corrected chi connectivity index (χ2v) is 9.00. The molecule has 0 saturated carbocycles. The molecule has 184 valence electrons. The molecule has 0 saturated heterocycles. The Kier molecular flexibility index (Phi) is 7.53. The van der Waals surface area contributed by atoms with E-state index in [9.17, 15) is 14.7 Å². The maximum atomic E-state index is 13.5. The molecule has 1 aliphatic heterocycles. The molecule has 1 heterocycles. The predicted octanol–water partition coefficient (Wildman–Crippen LogP) is 3.92. The molecule has 0 bridgehead atoms. The van der Waals surface area contributed by atoms with Crippen molar-refractivity contribution >= 4 is 34.1 Å². The zero-order valence-electron chi connectivity index (χ0n) is 20.2. The van der Waals surface area contributed by atoms with Crippen LogP contribution in [-0.2, 0) is 0 Å². The average Bonchev–Trinajstić information content (AvgIpc) is 2.86. The van der Waals surface area contributed by atoms with Crippen LogP contribution < -0.4 is 20.7 Å². The fourth-order valence-electron chi connectivity index (χ4n) is 4.36. The van der Waals surface area contributed by atoms with Gasteiger partial charge in [0, 0.05) is 30.1 Å². The lowest BCUT2D eigenvalue weighted by Gasteiger charge is -2.37. The maximum absolute atomic E-state index is 13.5. The molecule has 0 radical (unpaired) electrons. The summed E-state index contributed by atoms with van der Waals surface area (Å²) in [6.07, 6.45) is -0.159. The highest BCUT2D eigenvalue weighted by atomic mass is 16.5. The molecule has 4 N–H and O–H groups in total. The Bertz CT molecular complexity index is 1210. The average molecular weight is 477 g/mol. The fraction of sp³-hybridized carbons (Fsp3) is 0.333. The summed E-state index contributed by atoms with van der Waals surface area (Å²) in [4.78, 5) is 27.9. The van der Waals surface area contributed by atoms with Crippen molar-refractivity contribution in [1.82, 2.24) is 10.2 Å². The minimum absolute atomic E-state index is 0.0535. The summed E-state index contributed by atoms with van der Waals surface area (Å²) in [5.74, 6) is 0.268. The van der Waals surface area contributed by atoms with Crippen molar-refractivity contribution in [2.24, 2.45) is 5.92 Å². The molecule has 4 rings (SSSR count). The van der Waals surface area contributed by atoms with Gasteiger partial charge in [0.25, 0.3) is 5.91 Å². The van der Waals surface area contributed by atoms with Crippen LogP contribution >= 0.6 is 0 Å². The van der Waals surface area contributed by atoms with Gasteiger partial charge in [-0.3, -0.25) is 4.79 Å². The number of fused-ring (bicyclic) bond motifs is 2. The minimum Gasteiger partial charge on any atom is -0.488 e. The Morgan fingerprint density at radius 3 is 2.69 bits per heavy atom. The monoisotopic (exact) mass is 476 g/mol. The second-order valence-electron chi connectivity index (χ2n) is 9.00. The highest BCUT2D eigenvalue weighted by Crippen LogP contribution is 2.30. The number of hydrogen-bond acceptors (Lipinski definition) is 5. The smallest absolute Gasteiger partial charge is 0.323 e. The molecule has 3 aromatic carbocycles. The highest BCUT2D eigenvalue weighted by molar-refractivity contribution is 6.07. The number of amides is 3. The first-order valence-corrected chi connectivity index (χ1v) is 11.8. The number of urea groups is 1. The van der Waals surface area contributed by atoms with E-state index in [4.69, 9.17) is 4.74 Å². The number of rotatable bonds is 6. The van der Waals surface area contributed by atoms with Crippen LogP contribution in [0.4, 0.5) is 16.2 Å². The second kappa shape index (κ2) is 10.8. The van der Waals surface area contributed by atoms with Gasteiger partial charge < -0.3 is 30.7 Å². The van der Waals surface area contributed by atoms with Gasteiger partial charge in [-0.15, -0.1) is 0 Å². The van der Waals surface area contributed by atoms with Gasteiger partial charge in [0.05, 0.1) is 23.9 Å². The van der Waals surface area contributed by atoms with Crippen molar-refractivity contribution < 1.29 is 19.4 Å². The van der Waals surface area contributed by atoms with Crippen molar-refractivity contribution in [2.45, 2.75) is 26.0 Å². The van der Waals surface area contributed by atoms with Gasteiger partial charge in [-0.25, -0.2) is 4.79 Å². The SMILES string of the molecule is CNC[C@H]1Oc2ccc(NC(=O)Nc3cccc4ccccc34)cc2C(=O)N([C@H](C)CO)C[C@H]1C. The third kappa shape index (κ3) is 5.39. The van der Waals surface area contributed by atoms with E-state index in [1.54, 1.807) is 23.1 Å². The number of aliphatic hydroxyl groups excluding tert-OH is 1. The van der Waals surface area contributed by atoms with Crippen LogP contribution in [0.3, 0.4) is 0 Å². The zero-order chi connectivity index (χ0) is 24.9. The van der Waals surface area contributed by atoms with E-state index in [2.05, 4.69) is 16.0 Å². The van der Waals surface area contributed by atoms with Crippen LogP contribution in [0.25, 0.3) is 10.8 Å². The Balaban J connectivity index is 1.60. The Labute approximate surface area is 205 Å². The van der Waals surface area contributed by atoms with E-state index in [-0.39, 0.29) is 30.6 Å². The van der Waals surface area contributed by atoms with E-state index in [0.717, 1.165) is 10.8 Å². The topological polar surface area (TPSA) is 103 Å². The number of hydrogen-bond donors (Lipinski definition) is 4. The number of ether oxygens (including phenoxy) is 1. The van der Waals surface area contributed by atoms with Crippen LogP contribution in [0.1, 0.15) is 24.2 Å². The lowest BCUT2D eigenvalue weighted by molar-refractivity contribution is 0.0416. The third-order valence-electron chi connectivity index (χ3n) is 6.37. The summed E-state index contributed by atoms with van der Waals surface area (Å²) in [6.45, 7) is 4.77. The minimum atomic E-state index is -0.414. The number of benzene rings is 3. The van der Waals surface area contributed by atoms with Gasteiger partial charge in [-0.05, 0) is 43.6 Å². The summed E-state index contributed by atoms with van der Waals surface area (Å²) >= 11 is 0. The lowest BCUT2D eigenvalue weighted by atomic mass is 9.99. The lowest BCUT2D eigenvalue weighted by Crippen LogP contribution is -2.49. The molecule has 0 fully saturated rings. The van der Waals surface area contributed by atoms with Crippen molar-refractivity contribution in [3.63, 3.8) is 0 Å². The van der Waals surface area contributed by atoms with Crippen LogP contribution in [0.2, 0.25) is 0 Å². The third-order valence-corrected chi connectivity index (χ3v) is 6.37. The molecule has 0 aliphatic carbocycles. The molecule has 3 aromatic rings. The first-order chi connectivity index (χ1) is 16.9. The summed E-state index contributed by atoms with van der Waals surface area (Å²) < 4.78 is 6.22. The molecule has 0 unspecified atom stereocenters. The molecular formula is C27H32N4O4. The molecule has 8 heteroatoms. The van der Waals surface area contributed by atoms with E-state index in [0.29, 0.717) is 35.8 Å². The summed E-state index contributed by atoms with van der Waals surface area (Å²) in [6, 6.07) is 17.8. The van der Waals surface area contributed by atoms with Crippen LogP contribution in [-0.4, -0.2) is 60.8 Å². The summed E-state index contributed by atoms with van der Waals surface area (Å²) in [7, 11) is 1.86. The van der Waals surface area contributed by atoms with Gasteiger partial charge in [0.1, 0.15) is 11.9 Å². The molecule has 3 atom stereocenters. The molecule has 35 heavy (non-hydrogen) atoms. The van der Waals surface area contributed by atoms with E-state index in [1.807, 2.05) is 63.4 Å². The number of nitrogens with one attached hydrogen (secondary N) is 3. The van der Waals surface area contributed by atoms with Gasteiger partial charge in [0.2, 0.25) is 0 Å². The Morgan fingerprint density at radius 2 is 1.91 bits per heavy atom. The fourth-order valence-corrected chi connectivity index (χ4v) is 4.36. The standard InChI is InChI=1S/C27H32N4O4/c1-17-15-31(18(2)16-32)26(33)22-13-20(11-12-24(22)35-25(17)14-28-3)29-27(34)30-23-10-6-8-19-7-4-5-9-21(19)23/h4-13,17-18,25,28,32H,14-16H2,1-3H3,(H2,29,30,34)/t17-,18-,25-/m1/s1. The number of likely N-dealkylation sites (N-methyl/N-ethyl adjacent to an activating group) is 1. The van der Waals surface area contributed by atoms with Crippen LogP contribution in [0.15, 0.2) is 60.7 Å². The largest absolute Gasteiger partial charge is 0.488 e. The molecule has 1 aliphatic rings. The van der Waals surface area contributed by atoms with Gasteiger partial charge >= 0.3 is 6.03 Å². The number of anilines is 2. The van der Waals surface area contributed by atoms with E-state index in [1.165, 1.54) is 0 Å². The van der Waals surface area contributed by atoms with Gasteiger partial charge in [-0.2, -0.15) is 0 Å². The van der Waals surface area contributed by atoms with Crippen molar-refractivity contribution in [3.05, 3.63) is 66.2 Å². The number of carbonyl (C=O) groups excluding carboxylic acids is 2. The molecule has 3 amide bonds. The maximum Gasteiger partial charge on any atom is 0.323 e. The molecule has 0 aromatic heterocycles. The Morgan fingerprint density at radius 1 is 1.14 bits per heavy atom. The normalized spacial score (nSPS) is 18.7. The van der Waals surface area contributed by atoms with Crippen molar-refractivity contribution in [3.8, 4) is 5.75 Å². The first kappa shape index (κ1) is 24.5. The summed E-state index contributed by atoms with van der Waals surface area (Å²) in [5.41, 5.74) is 1.51. The van der Waals surface area contributed by atoms with Gasteiger partial charge in [-0.1, -0.05) is 43.3 Å². The summed E-state index contributed by atoms with van der Waals surface area (Å²) in [5, 5.41) is 20.6. The van der Waals surface area contributed by atoms with Crippen molar-refractivity contribution in [2.75, 3.05) is 37.4 Å². The van der Waals surface area contributed by atoms with E-state index >= 15 is 0 Å². The number of aliphatic hydroxyl groups is 1. The molecule has 8 nitrogen and oxygen atoms in total. The van der Waals surface area contributed by atoms with Gasteiger partial charge in [0.15, 0.2) is 0 Å². The quantitative estimate of drug-likeness (QED) is 0.432.